The second-order valence-corrected chi connectivity index (χ2v) is 4.10. The molecule has 1 aliphatic carbocycles. The first-order valence-corrected chi connectivity index (χ1v) is 4.98. The van der Waals surface area contributed by atoms with Crippen molar-refractivity contribution in [1.29, 1.82) is 0 Å². The molecular formula is C10H21N. The Hall–Kier alpha value is -0.0400. The molecule has 1 saturated carbocycles. The van der Waals surface area contributed by atoms with E-state index in [1.54, 1.807) is 0 Å². The third kappa shape index (κ3) is 1.96. The van der Waals surface area contributed by atoms with Crippen molar-refractivity contribution in [2.24, 2.45) is 11.7 Å². The Kier molecular flexibility index (Phi) is 2.94. The average Bonchev–Trinajstić information content (AvgIpc) is 2.04. The van der Waals surface area contributed by atoms with Crippen LogP contribution in [0.5, 0.6) is 0 Å². The summed E-state index contributed by atoms with van der Waals surface area (Å²) < 4.78 is 0. The molecule has 0 spiro atoms. The highest BCUT2D eigenvalue weighted by Crippen LogP contribution is 2.33. The molecule has 1 aliphatic rings. The molecule has 2 N–H and O–H groups in total. The maximum absolute atomic E-state index is 6.31. The lowest BCUT2D eigenvalue weighted by molar-refractivity contribution is 0.204. The van der Waals surface area contributed by atoms with Gasteiger partial charge in [-0.3, -0.25) is 0 Å². The van der Waals surface area contributed by atoms with Crippen molar-refractivity contribution in [3.05, 3.63) is 0 Å². The summed E-state index contributed by atoms with van der Waals surface area (Å²) in [6, 6.07) is 0. The normalized spacial score (nSPS) is 26.5. The van der Waals surface area contributed by atoms with E-state index in [4.69, 9.17) is 5.73 Å². The van der Waals surface area contributed by atoms with E-state index in [1.807, 2.05) is 0 Å². The van der Waals surface area contributed by atoms with Crippen molar-refractivity contribution in [1.82, 2.24) is 0 Å². The topological polar surface area (TPSA) is 26.0 Å². The molecule has 1 atom stereocenters. The first-order chi connectivity index (χ1) is 5.19. The van der Waals surface area contributed by atoms with Crippen molar-refractivity contribution in [2.45, 2.75) is 57.9 Å². The Bertz CT molecular complexity index is 114. The van der Waals surface area contributed by atoms with Gasteiger partial charge in [0.15, 0.2) is 0 Å². The molecule has 0 bridgehead atoms. The fourth-order valence-corrected chi connectivity index (χ4v) is 2.11. The van der Waals surface area contributed by atoms with E-state index >= 15 is 0 Å². The van der Waals surface area contributed by atoms with Gasteiger partial charge in [-0.2, -0.15) is 0 Å². The van der Waals surface area contributed by atoms with Crippen LogP contribution in [0.25, 0.3) is 0 Å². The average molecular weight is 155 g/mol. The molecule has 0 heterocycles. The lowest BCUT2D eigenvalue weighted by atomic mass is 9.73. The minimum Gasteiger partial charge on any atom is -0.325 e. The third-order valence-electron chi connectivity index (χ3n) is 3.38. The van der Waals surface area contributed by atoms with Gasteiger partial charge in [0.2, 0.25) is 0 Å². The predicted octanol–water partition coefficient (Wildman–Crippen LogP) is 2.69. The van der Waals surface area contributed by atoms with Crippen LogP contribution >= 0.6 is 0 Å². The van der Waals surface area contributed by atoms with Crippen LogP contribution in [0, 0.1) is 5.92 Å². The fraction of sp³-hybridized carbons (Fsp3) is 1.00. The minimum absolute atomic E-state index is 0.188. The molecule has 0 aromatic rings. The van der Waals surface area contributed by atoms with Gasteiger partial charge in [0.05, 0.1) is 0 Å². The largest absolute Gasteiger partial charge is 0.325 e. The summed E-state index contributed by atoms with van der Waals surface area (Å²) in [5.41, 5.74) is 6.50. The highest BCUT2D eigenvalue weighted by molar-refractivity contribution is 4.90. The third-order valence-corrected chi connectivity index (χ3v) is 3.38. The fourth-order valence-electron chi connectivity index (χ4n) is 2.11. The quantitative estimate of drug-likeness (QED) is 0.652. The SMILES string of the molecule is CCC(C)C1(N)CCCCC1. The van der Waals surface area contributed by atoms with Crippen LogP contribution in [0.3, 0.4) is 0 Å². The summed E-state index contributed by atoms with van der Waals surface area (Å²) >= 11 is 0. The van der Waals surface area contributed by atoms with Gasteiger partial charge >= 0.3 is 0 Å². The van der Waals surface area contributed by atoms with Crippen molar-refractivity contribution in [2.75, 3.05) is 0 Å². The molecule has 0 saturated heterocycles. The van der Waals surface area contributed by atoms with Crippen LogP contribution < -0.4 is 5.73 Å². The van der Waals surface area contributed by atoms with Gasteiger partial charge in [0, 0.05) is 5.54 Å². The Labute approximate surface area is 70.4 Å². The molecule has 66 valence electrons. The van der Waals surface area contributed by atoms with Crippen LogP contribution in [0.4, 0.5) is 0 Å². The second kappa shape index (κ2) is 3.57. The molecule has 1 rings (SSSR count). The highest BCUT2D eigenvalue weighted by Gasteiger charge is 2.31. The zero-order valence-corrected chi connectivity index (χ0v) is 7.90. The van der Waals surface area contributed by atoms with Crippen molar-refractivity contribution < 1.29 is 0 Å². The summed E-state index contributed by atoms with van der Waals surface area (Å²) in [4.78, 5) is 0. The van der Waals surface area contributed by atoms with E-state index in [0.29, 0.717) is 5.92 Å². The molecule has 0 amide bonds. The van der Waals surface area contributed by atoms with Gasteiger partial charge in [-0.05, 0) is 18.8 Å². The molecule has 1 fully saturated rings. The number of rotatable bonds is 2. The molecule has 1 heteroatoms. The summed E-state index contributed by atoms with van der Waals surface area (Å²) in [5, 5.41) is 0. The Morgan fingerprint density at radius 3 is 2.27 bits per heavy atom. The van der Waals surface area contributed by atoms with Crippen LogP contribution in [0.15, 0.2) is 0 Å². The molecule has 0 aromatic heterocycles. The lowest BCUT2D eigenvalue weighted by Gasteiger charge is -2.38. The van der Waals surface area contributed by atoms with Crippen molar-refractivity contribution >= 4 is 0 Å². The second-order valence-electron chi connectivity index (χ2n) is 4.10. The van der Waals surface area contributed by atoms with E-state index in [9.17, 15) is 0 Å². The monoisotopic (exact) mass is 155 g/mol. The molecule has 11 heavy (non-hydrogen) atoms. The van der Waals surface area contributed by atoms with Crippen LogP contribution in [-0.2, 0) is 0 Å². The Balaban J connectivity index is 2.49. The Morgan fingerprint density at radius 2 is 1.82 bits per heavy atom. The van der Waals surface area contributed by atoms with Crippen molar-refractivity contribution in [3.63, 3.8) is 0 Å². The molecular weight excluding hydrogens is 134 g/mol. The zero-order valence-electron chi connectivity index (χ0n) is 7.90. The van der Waals surface area contributed by atoms with Gasteiger partial charge < -0.3 is 5.73 Å². The molecule has 0 aromatic carbocycles. The number of nitrogens with two attached hydrogens (primary N) is 1. The van der Waals surface area contributed by atoms with Crippen LogP contribution in [0.2, 0.25) is 0 Å². The van der Waals surface area contributed by atoms with E-state index in [-0.39, 0.29) is 5.54 Å². The molecule has 1 unspecified atom stereocenters. The maximum Gasteiger partial charge on any atom is 0.0180 e. The number of hydrogen-bond acceptors (Lipinski definition) is 1. The van der Waals surface area contributed by atoms with E-state index < -0.39 is 0 Å². The molecule has 1 nitrogen and oxygen atoms in total. The smallest absolute Gasteiger partial charge is 0.0180 e. The van der Waals surface area contributed by atoms with Crippen molar-refractivity contribution in [3.8, 4) is 0 Å². The summed E-state index contributed by atoms with van der Waals surface area (Å²) in [7, 11) is 0. The predicted molar refractivity (Wildman–Crippen MR) is 49.5 cm³/mol. The van der Waals surface area contributed by atoms with Gasteiger partial charge in [0.25, 0.3) is 0 Å². The molecule has 0 aliphatic heterocycles. The highest BCUT2D eigenvalue weighted by atomic mass is 14.8. The summed E-state index contributed by atoms with van der Waals surface area (Å²) in [6.45, 7) is 4.54. The maximum atomic E-state index is 6.31. The van der Waals surface area contributed by atoms with Crippen LogP contribution in [0.1, 0.15) is 52.4 Å². The van der Waals surface area contributed by atoms with Gasteiger partial charge in [-0.25, -0.2) is 0 Å². The Morgan fingerprint density at radius 1 is 1.27 bits per heavy atom. The first-order valence-electron chi connectivity index (χ1n) is 4.98. The summed E-state index contributed by atoms with van der Waals surface area (Å²) in [6.07, 6.45) is 7.83. The minimum atomic E-state index is 0.188. The van der Waals surface area contributed by atoms with Crippen LogP contribution in [-0.4, -0.2) is 5.54 Å². The summed E-state index contributed by atoms with van der Waals surface area (Å²) in [5.74, 6) is 0.711. The number of hydrogen-bond donors (Lipinski definition) is 1. The van der Waals surface area contributed by atoms with Gasteiger partial charge in [-0.1, -0.05) is 39.5 Å². The zero-order chi connectivity index (χ0) is 8.32. The van der Waals surface area contributed by atoms with E-state index in [1.165, 1.54) is 38.5 Å². The van der Waals surface area contributed by atoms with E-state index in [0.717, 1.165) is 0 Å². The van der Waals surface area contributed by atoms with Gasteiger partial charge in [-0.15, -0.1) is 0 Å². The van der Waals surface area contributed by atoms with E-state index in [2.05, 4.69) is 13.8 Å². The standard InChI is InChI=1S/C10H21N/c1-3-9(2)10(11)7-5-4-6-8-10/h9H,3-8,11H2,1-2H3. The lowest BCUT2D eigenvalue weighted by Crippen LogP contribution is -2.47. The van der Waals surface area contributed by atoms with Gasteiger partial charge in [0.1, 0.15) is 0 Å². The molecule has 0 radical (unpaired) electrons. The first kappa shape index (κ1) is 9.05.